The lowest BCUT2D eigenvalue weighted by molar-refractivity contribution is -0.351. The first kappa shape index (κ1) is 25.7. The summed E-state index contributed by atoms with van der Waals surface area (Å²) in [5.74, 6) is -1.90. The fourth-order valence-corrected chi connectivity index (χ4v) is 4.92. The molecule has 0 bridgehead atoms. The Hall–Kier alpha value is -2.35. The lowest BCUT2D eigenvalue weighted by atomic mass is 9.81. The van der Waals surface area contributed by atoms with Crippen LogP contribution in [0.4, 0.5) is 0 Å². The number of fused-ring (bicyclic) bond motifs is 1. The molecule has 11 heteroatoms. The van der Waals surface area contributed by atoms with E-state index in [-0.39, 0.29) is 6.42 Å². The molecule has 1 aromatic rings. The summed E-state index contributed by atoms with van der Waals surface area (Å²) in [6, 6.07) is 9.06. The zero-order valence-electron chi connectivity index (χ0n) is 19.0. The van der Waals surface area contributed by atoms with Crippen LogP contribution in [0, 0.1) is 5.92 Å². The number of ether oxygens (including phenoxy) is 4. The molecule has 6 N–H and O–H groups in total. The van der Waals surface area contributed by atoms with Gasteiger partial charge < -0.3 is 49.6 Å². The molecule has 0 amide bonds. The number of hydrogen-bond donors (Lipinski definition) is 6. The first-order valence-corrected chi connectivity index (χ1v) is 11.2. The van der Waals surface area contributed by atoms with Crippen LogP contribution in [0.5, 0.6) is 0 Å². The van der Waals surface area contributed by atoms with Crippen molar-refractivity contribution >= 4 is 12.0 Å². The van der Waals surface area contributed by atoms with Gasteiger partial charge in [0.15, 0.2) is 6.29 Å². The van der Waals surface area contributed by atoms with Crippen molar-refractivity contribution in [3.05, 3.63) is 54.3 Å². The lowest BCUT2D eigenvalue weighted by Gasteiger charge is -2.45. The number of esters is 1. The minimum Gasteiger partial charge on any atom is -0.472 e. The Bertz CT molecular complexity index is 950. The summed E-state index contributed by atoms with van der Waals surface area (Å²) < 4.78 is 22.3. The first-order valence-electron chi connectivity index (χ1n) is 11.2. The molecule has 0 radical (unpaired) electrons. The molecule has 11 nitrogen and oxygen atoms in total. The number of benzene rings is 1. The zero-order chi connectivity index (χ0) is 25.4. The Morgan fingerprint density at radius 2 is 1.83 bits per heavy atom. The van der Waals surface area contributed by atoms with E-state index in [0.717, 1.165) is 11.8 Å². The maximum absolute atomic E-state index is 12.6. The van der Waals surface area contributed by atoms with E-state index in [1.165, 1.54) is 19.1 Å². The van der Waals surface area contributed by atoms with Crippen LogP contribution in [0.15, 0.2) is 48.7 Å². The average Bonchev–Trinajstić information content (AvgIpc) is 3.03. The molecule has 2 fully saturated rings. The number of aliphatic hydroxyl groups is 6. The van der Waals surface area contributed by atoms with Crippen LogP contribution in [-0.2, 0) is 23.7 Å². The molecule has 3 aliphatic rings. The molecule has 1 aliphatic carbocycles. The molecule has 2 aliphatic heterocycles. The average molecular weight is 494 g/mol. The number of carbonyl (C=O) groups excluding carboxylic acids is 1. The number of rotatable bonds is 6. The summed E-state index contributed by atoms with van der Waals surface area (Å²) in [6.07, 6.45) is -5.57. The maximum Gasteiger partial charge on any atom is 0.331 e. The minimum absolute atomic E-state index is 0.151. The molecule has 4 rings (SSSR count). The second kappa shape index (κ2) is 9.96. The summed E-state index contributed by atoms with van der Waals surface area (Å²) in [6.45, 7) is 0.852. The van der Waals surface area contributed by atoms with Gasteiger partial charge in [0.1, 0.15) is 35.6 Å². The topological polar surface area (TPSA) is 175 Å². The van der Waals surface area contributed by atoms with Crippen molar-refractivity contribution in [2.45, 2.75) is 67.6 Å². The molecule has 1 saturated carbocycles. The molecular weight excluding hydrogens is 464 g/mol. The second-order valence-electron chi connectivity index (χ2n) is 9.20. The Labute approximate surface area is 201 Å². The third kappa shape index (κ3) is 4.86. The van der Waals surface area contributed by atoms with Gasteiger partial charge in [0.25, 0.3) is 0 Å². The van der Waals surface area contributed by atoms with Gasteiger partial charge in [-0.3, -0.25) is 0 Å². The summed E-state index contributed by atoms with van der Waals surface area (Å²) in [5, 5.41) is 61.7. The standard InChI is InChI=1S/C24H30O11/c1-23(35-16(27)8-7-13-5-3-2-4-6-13)11-15(26)24(31)9-10-32-22(20(23)24)34-21-19(30)18(29)17(28)14(12-25)33-21/h2-10,14-15,17-22,25-26,28-31H,11-12H2,1H3/t14?,15?,17?,18?,19?,20-,21?,22?,23-,24+/m0/s1. The van der Waals surface area contributed by atoms with E-state index in [9.17, 15) is 35.4 Å². The van der Waals surface area contributed by atoms with Crippen LogP contribution in [0.1, 0.15) is 18.9 Å². The van der Waals surface area contributed by atoms with E-state index in [4.69, 9.17) is 18.9 Å². The second-order valence-corrected chi connectivity index (χ2v) is 9.20. The molecule has 192 valence electrons. The third-order valence-electron chi connectivity index (χ3n) is 6.77. The third-order valence-corrected chi connectivity index (χ3v) is 6.77. The van der Waals surface area contributed by atoms with Gasteiger partial charge >= 0.3 is 5.97 Å². The Balaban J connectivity index is 1.55. The van der Waals surface area contributed by atoms with Gasteiger partial charge in [0, 0.05) is 12.5 Å². The SMILES string of the molecule is C[C@]1(OC(=O)C=Cc2ccccc2)CC(O)[C@]2(O)C=COC(OC3OC(CO)C(O)C(O)C3O)[C@H]21. The van der Waals surface area contributed by atoms with Crippen molar-refractivity contribution in [1.29, 1.82) is 0 Å². The summed E-state index contributed by atoms with van der Waals surface area (Å²) in [7, 11) is 0. The molecule has 0 spiro atoms. The van der Waals surface area contributed by atoms with Gasteiger partial charge in [0.2, 0.25) is 6.29 Å². The summed E-state index contributed by atoms with van der Waals surface area (Å²) in [5.41, 5.74) is -2.62. The minimum atomic E-state index is -1.91. The molecule has 35 heavy (non-hydrogen) atoms. The number of aliphatic hydroxyl groups excluding tert-OH is 5. The monoisotopic (exact) mass is 494 g/mol. The van der Waals surface area contributed by atoms with Crippen LogP contribution in [-0.4, -0.2) is 97.5 Å². The molecule has 1 saturated heterocycles. The lowest BCUT2D eigenvalue weighted by Crippen LogP contribution is -2.62. The Kier molecular flexibility index (Phi) is 7.32. The Morgan fingerprint density at radius 3 is 2.51 bits per heavy atom. The van der Waals surface area contributed by atoms with Crippen molar-refractivity contribution in [2.75, 3.05) is 6.61 Å². The largest absolute Gasteiger partial charge is 0.472 e. The van der Waals surface area contributed by atoms with Gasteiger partial charge in [-0.25, -0.2) is 4.79 Å². The highest BCUT2D eigenvalue weighted by molar-refractivity contribution is 5.87. The van der Waals surface area contributed by atoms with Gasteiger partial charge in [-0.2, -0.15) is 0 Å². The summed E-state index contributed by atoms with van der Waals surface area (Å²) >= 11 is 0. The maximum atomic E-state index is 12.6. The molecular formula is C24H30O11. The van der Waals surface area contributed by atoms with Crippen LogP contribution >= 0.6 is 0 Å². The highest BCUT2D eigenvalue weighted by Gasteiger charge is 2.66. The van der Waals surface area contributed by atoms with Crippen molar-refractivity contribution < 1.29 is 54.4 Å². The zero-order valence-corrected chi connectivity index (χ0v) is 19.0. The van der Waals surface area contributed by atoms with Gasteiger partial charge in [-0.15, -0.1) is 0 Å². The van der Waals surface area contributed by atoms with Crippen molar-refractivity contribution in [2.24, 2.45) is 5.92 Å². The highest BCUT2D eigenvalue weighted by atomic mass is 16.8. The smallest absolute Gasteiger partial charge is 0.331 e. The number of hydrogen-bond acceptors (Lipinski definition) is 11. The van der Waals surface area contributed by atoms with Crippen LogP contribution in [0.3, 0.4) is 0 Å². The highest BCUT2D eigenvalue weighted by Crippen LogP contribution is 2.51. The van der Waals surface area contributed by atoms with E-state index < -0.39 is 72.8 Å². The molecule has 2 heterocycles. The quantitative estimate of drug-likeness (QED) is 0.207. The van der Waals surface area contributed by atoms with E-state index in [1.807, 2.05) is 18.2 Å². The fourth-order valence-electron chi connectivity index (χ4n) is 4.92. The molecule has 10 atom stereocenters. The van der Waals surface area contributed by atoms with Gasteiger partial charge in [0.05, 0.1) is 24.9 Å². The van der Waals surface area contributed by atoms with Crippen molar-refractivity contribution in [1.82, 2.24) is 0 Å². The van der Waals surface area contributed by atoms with E-state index >= 15 is 0 Å². The van der Waals surface area contributed by atoms with Crippen LogP contribution in [0.25, 0.3) is 6.08 Å². The Morgan fingerprint density at radius 1 is 1.11 bits per heavy atom. The van der Waals surface area contributed by atoms with E-state index in [1.54, 1.807) is 18.2 Å². The van der Waals surface area contributed by atoms with Crippen LogP contribution in [0.2, 0.25) is 0 Å². The molecule has 7 unspecified atom stereocenters. The van der Waals surface area contributed by atoms with E-state index in [0.29, 0.717) is 0 Å². The molecule has 1 aromatic carbocycles. The van der Waals surface area contributed by atoms with Gasteiger partial charge in [-0.1, -0.05) is 30.3 Å². The summed E-state index contributed by atoms with van der Waals surface area (Å²) in [4.78, 5) is 12.6. The van der Waals surface area contributed by atoms with Crippen LogP contribution < -0.4 is 0 Å². The van der Waals surface area contributed by atoms with E-state index in [2.05, 4.69) is 0 Å². The normalized spacial score (nSPS) is 43.1. The predicted molar refractivity (Wildman–Crippen MR) is 118 cm³/mol. The van der Waals surface area contributed by atoms with Gasteiger partial charge in [-0.05, 0) is 24.6 Å². The molecule has 0 aromatic heterocycles. The fraction of sp³-hybridized carbons (Fsp3) is 0.542. The first-order chi connectivity index (χ1) is 16.6. The van der Waals surface area contributed by atoms with Crippen molar-refractivity contribution in [3.8, 4) is 0 Å². The van der Waals surface area contributed by atoms with Crippen molar-refractivity contribution in [3.63, 3.8) is 0 Å². The number of carbonyl (C=O) groups is 1. The predicted octanol–water partition coefficient (Wildman–Crippen LogP) is -1.20.